The number of allylic oxidation sites excluding steroid dienone is 1. The van der Waals surface area contributed by atoms with Crippen molar-refractivity contribution in [2.75, 3.05) is 6.54 Å². The third-order valence-electron chi connectivity index (χ3n) is 4.76. The third-order valence-corrected chi connectivity index (χ3v) is 6.01. The van der Waals surface area contributed by atoms with Crippen LogP contribution in [0.5, 0.6) is 0 Å². The first-order valence-corrected chi connectivity index (χ1v) is 9.66. The van der Waals surface area contributed by atoms with Crippen molar-refractivity contribution in [1.82, 2.24) is 20.1 Å². The SMILES string of the molecule is C=CCn1c(SC2CCCCNC2=O)nnc1C1CCCCC1. The molecular weight excluding hydrogens is 308 g/mol. The van der Waals surface area contributed by atoms with Gasteiger partial charge in [-0.3, -0.25) is 4.79 Å². The lowest BCUT2D eigenvalue weighted by Gasteiger charge is -2.21. The Labute approximate surface area is 142 Å². The minimum Gasteiger partial charge on any atom is -0.355 e. The lowest BCUT2D eigenvalue weighted by atomic mass is 9.89. The summed E-state index contributed by atoms with van der Waals surface area (Å²) in [4.78, 5) is 12.2. The van der Waals surface area contributed by atoms with Crippen LogP contribution < -0.4 is 5.32 Å². The van der Waals surface area contributed by atoms with E-state index >= 15 is 0 Å². The van der Waals surface area contributed by atoms with Crippen LogP contribution in [0.15, 0.2) is 17.8 Å². The van der Waals surface area contributed by atoms with E-state index in [0.717, 1.165) is 43.3 Å². The molecule has 0 spiro atoms. The molecule has 1 aromatic rings. The van der Waals surface area contributed by atoms with Gasteiger partial charge in [-0.1, -0.05) is 43.5 Å². The maximum absolute atomic E-state index is 12.2. The zero-order valence-corrected chi connectivity index (χ0v) is 14.5. The maximum Gasteiger partial charge on any atom is 0.233 e. The van der Waals surface area contributed by atoms with Crippen molar-refractivity contribution in [3.63, 3.8) is 0 Å². The molecule has 0 radical (unpaired) electrons. The summed E-state index contributed by atoms with van der Waals surface area (Å²) in [7, 11) is 0. The summed E-state index contributed by atoms with van der Waals surface area (Å²) in [5, 5.41) is 12.7. The molecule has 1 atom stereocenters. The van der Waals surface area contributed by atoms with Crippen LogP contribution in [-0.2, 0) is 11.3 Å². The Balaban J connectivity index is 1.79. The van der Waals surface area contributed by atoms with Crippen molar-refractivity contribution in [2.24, 2.45) is 0 Å². The van der Waals surface area contributed by atoms with Gasteiger partial charge in [0.2, 0.25) is 5.91 Å². The molecular formula is C17H26N4OS. The first-order valence-electron chi connectivity index (χ1n) is 8.78. The molecule has 1 aliphatic heterocycles. The highest BCUT2D eigenvalue weighted by atomic mass is 32.2. The number of amides is 1. The highest BCUT2D eigenvalue weighted by Gasteiger charge is 2.27. The summed E-state index contributed by atoms with van der Waals surface area (Å²) in [6, 6.07) is 0. The Bertz CT molecular complexity index is 551. The van der Waals surface area contributed by atoms with Gasteiger partial charge in [-0.05, 0) is 25.7 Å². The van der Waals surface area contributed by atoms with Gasteiger partial charge in [0.1, 0.15) is 5.82 Å². The van der Waals surface area contributed by atoms with Crippen molar-refractivity contribution in [3.8, 4) is 0 Å². The number of nitrogens with zero attached hydrogens (tertiary/aromatic N) is 3. The lowest BCUT2D eigenvalue weighted by molar-refractivity contribution is -0.120. The molecule has 3 rings (SSSR count). The van der Waals surface area contributed by atoms with Crippen molar-refractivity contribution in [1.29, 1.82) is 0 Å². The van der Waals surface area contributed by atoms with Gasteiger partial charge in [0.25, 0.3) is 0 Å². The van der Waals surface area contributed by atoms with E-state index in [1.807, 2.05) is 6.08 Å². The summed E-state index contributed by atoms with van der Waals surface area (Å²) in [6.45, 7) is 5.39. The van der Waals surface area contributed by atoms with Crippen LogP contribution in [0.4, 0.5) is 0 Å². The molecule has 1 saturated carbocycles. The normalized spacial score (nSPS) is 23.3. The van der Waals surface area contributed by atoms with Gasteiger partial charge in [0, 0.05) is 19.0 Å². The summed E-state index contributed by atoms with van der Waals surface area (Å²) in [5.41, 5.74) is 0. The Hall–Kier alpha value is -1.30. The van der Waals surface area contributed by atoms with Crippen LogP contribution in [0.25, 0.3) is 0 Å². The van der Waals surface area contributed by atoms with Gasteiger partial charge in [0.15, 0.2) is 5.16 Å². The first-order chi connectivity index (χ1) is 11.3. The molecule has 1 N–H and O–H groups in total. The molecule has 126 valence electrons. The molecule has 5 nitrogen and oxygen atoms in total. The minimum absolute atomic E-state index is 0.0514. The van der Waals surface area contributed by atoms with Gasteiger partial charge < -0.3 is 9.88 Å². The average Bonchev–Trinajstić information content (AvgIpc) is 2.85. The van der Waals surface area contributed by atoms with E-state index in [2.05, 4.69) is 26.7 Å². The van der Waals surface area contributed by atoms with Crippen LogP contribution in [-0.4, -0.2) is 32.5 Å². The molecule has 6 heteroatoms. The van der Waals surface area contributed by atoms with E-state index < -0.39 is 0 Å². The topological polar surface area (TPSA) is 59.8 Å². The number of hydrogen-bond acceptors (Lipinski definition) is 4. The maximum atomic E-state index is 12.2. The molecule has 1 saturated heterocycles. The van der Waals surface area contributed by atoms with Crippen LogP contribution in [0.2, 0.25) is 0 Å². The summed E-state index contributed by atoms with van der Waals surface area (Å²) < 4.78 is 2.17. The third kappa shape index (κ3) is 3.97. The second kappa shape index (κ2) is 7.99. The highest BCUT2D eigenvalue weighted by Crippen LogP contribution is 2.34. The summed E-state index contributed by atoms with van der Waals surface area (Å²) in [5.74, 6) is 1.73. The molecule has 1 aliphatic carbocycles. The Kier molecular flexibility index (Phi) is 5.75. The van der Waals surface area contributed by atoms with E-state index in [0.29, 0.717) is 5.92 Å². The van der Waals surface area contributed by atoms with Crippen LogP contribution in [0.3, 0.4) is 0 Å². The molecule has 2 heterocycles. The van der Waals surface area contributed by atoms with Crippen LogP contribution in [0, 0.1) is 0 Å². The number of hydrogen-bond donors (Lipinski definition) is 1. The molecule has 1 unspecified atom stereocenters. The van der Waals surface area contributed by atoms with E-state index in [-0.39, 0.29) is 11.2 Å². The Morgan fingerprint density at radius 1 is 1.17 bits per heavy atom. The zero-order chi connectivity index (χ0) is 16.1. The van der Waals surface area contributed by atoms with Crippen molar-refractivity contribution in [2.45, 2.75) is 74.2 Å². The largest absolute Gasteiger partial charge is 0.355 e. The van der Waals surface area contributed by atoms with Gasteiger partial charge >= 0.3 is 0 Å². The van der Waals surface area contributed by atoms with Gasteiger partial charge in [0.05, 0.1) is 5.25 Å². The Morgan fingerprint density at radius 3 is 2.74 bits per heavy atom. The predicted octanol–water partition coefficient (Wildman–Crippen LogP) is 3.27. The zero-order valence-electron chi connectivity index (χ0n) is 13.7. The van der Waals surface area contributed by atoms with E-state index in [4.69, 9.17) is 0 Å². The average molecular weight is 334 g/mol. The smallest absolute Gasteiger partial charge is 0.233 e. The minimum atomic E-state index is -0.0514. The second-order valence-corrected chi connectivity index (χ2v) is 7.64. The van der Waals surface area contributed by atoms with Crippen molar-refractivity contribution in [3.05, 3.63) is 18.5 Å². The predicted molar refractivity (Wildman–Crippen MR) is 92.6 cm³/mol. The standard InChI is InChI=1S/C17H26N4OS/c1-2-12-21-15(13-8-4-3-5-9-13)19-20-17(21)23-14-10-6-7-11-18-16(14)22/h2,13-14H,1,3-12H2,(H,18,22). The number of carbonyl (C=O) groups excluding carboxylic acids is 1. The summed E-state index contributed by atoms with van der Waals surface area (Å²) in [6.07, 6.45) is 11.2. The summed E-state index contributed by atoms with van der Waals surface area (Å²) >= 11 is 1.57. The molecule has 0 bridgehead atoms. The molecule has 0 aromatic carbocycles. The monoisotopic (exact) mass is 334 g/mol. The number of carbonyl (C=O) groups is 1. The van der Waals surface area contributed by atoms with E-state index in [1.165, 1.54) is 32.1 Å². The van der Waals surface area contributed by atoms with E-state index in [9.17, 15) is 4.79 Å². The fourth-order valence-corrected chi connectivity index (χ4v) is 4.61. The number of aromatic nitrogens is 3. The molecule has 1 aromatic heterocycles. The van der Waals surface area contributed by atoms with Gasteiger partial charge in [-0.15, -0.1) is 16.8 Å². The van der Waals surface area contributed by atoms with E-state index in [1.54, 1.807) is 11.8 Å². The van der Waals surface area contributed by atoms with Crippen LogP contribution in [0.1, 0.15) is 63.1 Å². The van der Waals surface area contributed by atoms with Gasteiger partial charge in [-0.25, -0.2) is 0 Å². The number of nitrogens with one attached hydrogen (secondary N) is 1. The number of thioether (sulfide) groups is 1. The quantitative estimate of drug-likeness (QED) is 0.840. The highest BCUT2D eigenvalue weighted by molar-refractivity contribution is 8.00. The van der Waals surface area contributed by atoms with Crippen molar-refractivity contribution < 1.29 is 4.79 Å². The van der Waals surface area contributed by atoms with Gasteiger partial charge in [-0.2, -0.15) is 0 Å². The number of rotatable bonds is 5. The fraction of sp³-hybridized carbons (Fsp3) is 0.706. The van der Waals surface area contributed by atoms with Crippen LogP contribution >= 0.6 is 11.8 Å². The second-order valence-electron chi connectivity index (χ2n) is 6.47. The lowest BCUT2D eigenvalue weighted by Crippen LogP contribution is -2.30. The molecule has 2 fully saturated rings. The first kappa shape index (κ1) is 16.6. The fourth-order valence-electron chi connectivity index (χ4n) is 3.50. The molecule has 2 aliphatic rings. The molecule has 1 amide bonds. The Morgan fingerprint density at radius 2 is 1.96 bits per heavy atom. The molecule has 23 heavy (non-hydrogen) atoms. The van der Waals surface area contributed by atoms with Crippen molar-refractivity contribution >= 4 is 17.7 Å².